The molecule has 1 aliphatic heterocycles. The van der Waals surface area contributed by atoms with Gasteiger partial charge in [0.2, 0.25) is 5.91 Å². The molecule has 1 aliphatic carbocycles. The molecule has 1 amide bonds. The predicted octanol–water partition coefficient (Wildman–Crippen LogP) is 5.77. The highest BCUT2D eigenvalue weighted by Gasteiger charge is 2.28. The first-order chi connectivity index (χ1) is 17.5. The number of carbonyl (C=O) groups is 1. The van der Waals surface area contributed by atoms with Gasteiger partial charge in [0.25, 0.3) is 0 Å². The highest BCUT2D eigenvalue weighted by atomic mass is 16.3. The normalized spacial score (nSPS) is 19.2. The number of aryl methyl sites for hydroxylation is 2. The number of carbonyl (C=O) groups excluding carboxylic acids is 1. The van der Waals surface area contributed by atoms with E-state index in [0.29, 0.717) is 12.2 Å². The van der Waals surface area contributed by atoms with Crippen LogP contribution in [-0.4, -0.2) is 23.6 Å². The largest absolute Gasteiger partial charge is 0.508 e. The first-order valence-electron chi connectivity index (χ1n) is 13.0. The number of fused-ring (bicyclic) bond motifs is 3. The van der Waals surface area contributed by atoms with Crippen LogP contribution in [0.1, 0.15) is 46.7 Å². The van der Waals surface area contributed by atoms with Gasteiger partial charge in [0.15, 0.2) is 0 Å². The molecule has 4 aromatic carbocycles. The molecule has 0 spiro atoms. The van der Waals surface area contributed by atoms with Gasteiger partial charge in [-0.15, -0.1) is 0 Å². The fraction of sp³-hybridized carbons (Fsp3) is 0.281. The molecule has 2 atom stereocenters. The van der Waals surface area contributed by atoms with Crippen molar-refractivity contribution in [3.8, 4) is 16.9 Å². The number of nitrogens with one attached hydrogen (secondary N) is 2. The maximum atomic E-state index is 13.5. The molecule has 3 N–H and O–H groups in total. The third kappa shape index (κ3) is 4.38. The smallest absolute Gasteiger partial charge is 0.237 e. The predicted molar refractivity (Wildman–Crippen MR) is 145 cm³/mol. The molecule has 4 heteroatoms. The van der Waals surface area contributed by atoms with Gasteiger partial charge in [-0.1, -0.05) is 48.5 Å². The van der Waals surface area contributed by atoms with Gasteiger partial charge in [0, 0.05) is 0 Å². The number of phenols is 1. The molecule has 0 aromatic heterocycles. The van der Waals surface area contributed by atoms with Crippen LogP contribution >= 0.6 is 0 Å². The molecule has 1 heterocycles. The van der Waals surface area contributed by atoms with Crippen LogP contribution in [0, 0.1) is 6.92 Å². The third-order valence-electron chi connectivity index (χ3n) is 7.92. The van der Waals surface area contributed by atoms with E-state index in [1.54, 1.807) is 6.07 Å². The summed E-state index contributed by atoms with van der Waals surface area (Å²) < 4.78 is 0. The fourth-order valence-electron chi connectivity index (χ4n) is 6.00. The molecule has 182 valence electrons. The van der Waals surface area contributed by atoms with Crippen molar-refractivity contribution in [3.63, 3.8) is 0 Å². The first-order valence-corrected chi connectivity index (χ1v) is 13.0. The second-order valence-corrected chi connectivity index (χ2v) is 10.3. The van der Waals surface area contributed by atoms with Crippen molar-refractivity contribution in [3.05, 3.63) is 101 Å². The van der Waals surface area contributed by atoms with Crippen LogP contribution < -0.4 is 10.6 Å². The number of aromatic hydroxyl groups is 1. The van der Waals surface area contributed by atoms with Crippen LogP contribution in [0.5, 0.6) is 5.75 Å². The number of hydrogen-bond acceptors (Lipinski definition) is 3. The van der Waals surface area contributed by atoms with E-state index in [4.69, 9.17) is 0 Å². The minimum atomic E-state index is -0.275. The maximum Gasteiger partial charge on any atom is 0.237 e. The number of rotatable bonds is 3. The topological polar surface area (TPSA) is 61.4 Å². The van der Waals surface area contributed by atoms with E-state index in [9.17, 15) is 9.90 Å². The van der Waals surface area contributed by atoms with Crippen molar-refractivity contribution < 1.29 is 9.90 Å². The molecular weight excluding hydrogens is 444 g/mol. The van der Waals surface area contributed by atoms with Crippen LogP contribution in [0.25, 0.3) is 21.9 Å². The molecule has 0 saturated carbocycles. The summed E-state index contributed by atoms with van der Waals surface area (Å²) in [4.78, 5) is 13.5. The summed E-state index contributed by atoms with van der Waals surface area (Å²) in [7, 11) is 0. The molecule has 0 bridgehead atoms. The Bertz CT molecular complexity index is 1460. The Labute approximate surface area is 212 Å². The summed E-state index contributed by atoms with van der Waals surface area (Å²) in [5, 5.41) is 19.3. The molecule has 2 aliphatic rings. The second-order valence-electron chi connectivity index (χ2n) is 10.3. The lowest BCUT2D eigenvalue weighted by molar-refractivity contribution is -0.124. The van der Waals surface area contributed by atoms with Crippen molar-refractivity contribution >= 4 is 16.7 Å². The molecule has 4 nitrogen and oxygen atoms in total. The lowest BCUT2D eigenvalue weighted by atomic mass is 9.85. The van der Waals surface area contributed by atoms with Crippen LogP contribution in [-0.2, 0) is 24.1 Å². The average Bonchev–Trinajstić information content (AvgIpc) is 3.11. The fourth-order valence-corrected chi connectivity index (χ4v) is 6.00. The summed E-state index contributed by atoms with van der Waals surface area (Å²) >= 11 is 0. The van der Waals surface area contributed by atoms with Gasteiger partial charge in [-0.25, -0.2) is 0 Å². The SMILES string of the molecule is Cc1cc(O)cc2c1C[C@@H](C(=O)N[C@@H]1CCCc3ccc(-c4ccc5ccccc5c4)cc31)NCC2. The van der Waals surface area contributed by atoms with Crippen LogP contribution in [0.2, 0.25) is 0 Å². The van der Waals surface area contributed by atoms with Crippen molar-refractivity contribution in [2.75, 3.05) is 6.54 Å². The lowest BCUT2D eigenvalue weighted by Crippen LogP contribution is -2.46. The molecule has 0 fully saturated rings. The van der Waals surface area contributed by atoms with E-state index in [1.807, 2.05) is 13.0 Å². The highest BCUT2D eigenvalue weighted by Crippen LogP contribution is 2.34. The second kappa shape index (κ2) is 9.44. The van der Waals surface area contributed by atoms with E-state index in [2.05, 4.69) is 71.3 Å². The average molecular weight is 477 g/mol. The van der Waals surface area contributed by atoms with Crippen molar-refractivity contribution in [1.29, 1.82) is 0 Å². The number of benzene rings is 4. The zero-order chi connectivity index (χ0) is 24.6. The van der Waals surface area contributed by atoms with E-state index >= 15 is 0 Å². The number of phenolic OH excluding ortho intramolecular Hbond substituents is 1. The Balaban J connectivity index is 1.25. The Hall–Kier alpha value is -3.63. The summed E-state index contributed by atoms with van der Waals surface area (Å²) in [6, 6.07) is 25.2. The Kier molecular flexibility index (Phi) is 5.98. The minimum absolute atomic E-state index is 0.0205. The van der Waals surface area contributed by atoms with Gasteiger partial charge in [-0.2, -0.15) is 0 Å². The summed E-state index contributed by atoms with van der Waals surface area (Å²) in [6.45, 7) is 2.74. The van der Waals surface area contributed by atoms with E-state index in [-0.39, 0.29) is 18.0 Å². The van der Waals surface area contributed by atoms with Gasteiger partial charge in [-0.3, -0.25) is 4.79 Å². The number of hydrogen-bond donors (Lipinski definition) is 3. The quantitative estimate of drug-likeness (QED) is 0.352. The highest BCUT2D eigenvalue weighted by molar-refractivity contribution is 5.87. The van der Waals surface area contributed by atoms with Crippen molar-refractivity contribution in [1.82, 2.24) is 10.6 Å². The van der Waals surface area contributed by atoms with Crippen LogP contribution in [0.3, 0.4) is 0 Å². The van der Waals surface area contributed by atoms with Gasteiger partial charge in [-0.05, 0) is 120 Å². The van der Waals surface area contributed by atoms with Crippen molar-refractivity contribution in [2.24, 2.45) is 0 Å². The van der Waals surface area contributed by atoms with Gasteiger partial charge < -0.3 is 15.7 Å². The lowest BCUT2D eigenvalue weighted by Gasteiger charge is -2.29. The minimum Gasteiger partial charge on any atom is -0.508 e. The van der Waals surface area contributed by atoms with E-state index in [0.717, 1.165) is 43.4 Å². The summed E-state index contributed by atoms with van der Waals surface area (Å²) in [5.74, 6) is 0.361. The molecule has 0 saturated heterocycles. The molecule has 0 unspecified atom stereocenters. The zero-order valence-corrected chi connectivity index (χ0v) is 20.7. The van der Waals surface area contributed by atoms with E-state index < -0.39 is 0 Å². The monoisotopic (exact) mass is 476 g/mol. The molecule has 6 rings (SSSR count). The Morgan fingerprint density at radius 3 is 2.61 bits per heavy atom. The van der Waals surface area contributed by atoms with Crippen LogP contribution in [0.4, 0.5) is 0 Å². The van der Waals surface area contributed by atoms with Gasteiger partial charge in [0.1, 0.15) is 5.75 Å². The summed E-state index contributed by atoms with van der Waals surface area (Å²) in [5.41, 5.74) is 8.34. The molecule has 4 aromatic rings. The Morgan fingerprint density at radius 1 is 0.917 bits per heavy atom. The third-order valence-corrected chi connectivity index (χ3v) is 7.92. The maximum absolute atomic E-state index is 13.5. The Morgan fingerprint density at radius 2 is 1.72 bits per heavy atom. The van der Waals surface area contributed by atoms with Gasteiger partial charge in [0.05, 0.1) is 12.1 Å². The van der Waals surface area contributed by atoms with Crippen molar-refractivity contribution in [2.45, 2.75) is 51.1 Å². The zero-order valence-electron chi connectivity index (χ0n) is 20.7. The standard InChI is InChI=1S/C32H32N2O2/c1-20-15-27(35)17-26-13-14-33-31(19-28(20)26)32(36)34-30-8-4-7-22-10-12-25(18-29(22)30)24-11-9-21-5-2-3-6-23(21)16-24/h2-3,5-6,9-12,15-18,30-31,33,35H,4,7-8,13-14,19H2,1H3,(H,34,36)/t30-,31+/m1/s1. The van der Waals surface area contributed by atoms with E-state index in [1.165, 1.54) is 38.6 Å². The first kappa shape index (κ1) is 22.8. The number of amides is 1. The van der Waals surface area contributed by atoms with Gasteiger partial charge >= 0.3 is 0 Å². The van der Waals surface area contributed by atoms with Crippen LogP contribution in [0.15, 0.2) is 72.8 Å². The summed E-state index contributed by atoms with van der Waals surface area (Å²) in [6.07, 6.45) is 4.54. The molecular formula is C32H32N2O2. The molecule has 0 radical (unpaired) electrons. The molecule has 36 heavy (non-hydrogen) atoms.